The monoisotopic (exact) mass is 265 g/mol. The summed E-state index contributed by atoms with van der Waals surface area (Å²) >= 11 is 3.46. The summed E-state index contributed by atoms with van der Waals surface area (Å²) in [5.41, 5.74) is 2.56. The van der Waals surface area contributed by atoms with Gasteiger partial charge in [0.15, 0.2) is 0 Å². The minimum Gasteiger partial charge on any atom is -0.316 e. The quantitative estimate of drug-likeness (QED) is 0.857. The third-order valence-electron chi connectivity index (χ3n) is 3.05. The van der Waals surface area contributed by atoms with Crippen molar-refractivity contribution in [2.24, 2.45) is 0 Å². The average molecular weight is 266 g/mol. The molecule has 1 fully saturated rings. The van der Waals surface area contributed by atoms with Gasteiger partial charge < -0.3 is 9.72 Å². The number of fused-ring (bicyclic) bond motifs is 1. The highest BCUT2D eigenvalue weighted by atomic mass is 79.9. The lowest BCUT2D eigenvalue weighted by atomic mass is 9.99. The predicted octanol–water partition coefficient (Wildman–Crippen LogP) is 2.17. The number of aromatic nitrogens is 2. The Bertz CT molecular complexity index is 486. The highest BCUT2D eigenvalue weighted by molar-refractivity contribution is 9.10. The molecule has 1 atom stereocenters. The molecule has 0 saturated carbocycles. The number of nitrogens with one attached hydrogen (secondary N) is 1. The SMILES string of the molecule is Brc1ncn2ccc(C3CCNC3)cc12. The molecule has 1 aliphatic heterocycles. The fraction of sp³-hybridized carbons (Fsp3) is 0.364. The first-order valence-corrected chi connectivity index (χ1v) is 5.97. The van der Waals surface area contributed by atoms with E-state index in [1.165, 1.54) is 12.0 Å². The van der Waals surface area contributed by atoms with E-state index in [-0.39, 0.29) is 0 Å². The van der Waals surface area contributed by atoms with Crippen LogP contribution in [-0.2, 0) is 0 Å². The van der Waals surface area contributed by atoms with Crippen LogP contribution in [0.3, 0.4) is 0 Å². The summed E-state index contributed by atoms with van der Waals surface area (Å²) in [5, 5.41) is 3.39. The molecule has 3 rings (SSSR count). The Labute approximate surface area is 96.6 Å². The van der Waals surface area contributed by atoms with Crippen LogP contribution in [0.5, 0.6) is 0 Å². The van der Waals surface area contributed by atoms with Gasteiger partial charge in [-0.05, 0) is 52.5 Å². The highest BCUT2D eigenvalue weighted by Crippen LogP contribution is 2.25. The van der Waals surface area contributed by atoms with Crippen LogP contribution in [0.1, 0.15) is 17.9 Å². The van der Waals surface area contributed by atoms with Crippen molar-refractivity contribution in [1.82, 2.24) is 14.7 Å². The molecule has 3 nitrogen and oxygen atoms in total. The Morgan fingerprint density at radius 1 is 1.53 bits per heavy atom. The molecular weight excluding hydrogens is 254 g/mol. The third kappa shape index (κ3) is 1.58. The average Bonchev–Trinajstić information content (AvgIpc) is 2.88. The summed E-state index contributed by atoms with van der Waals surface area (Å²) in [4.78, 5) is 4.23. The van der Waals surface area contributed by atoms with Gasteiger partial charge in [0.1, 0.15) is 10.9 Å². The standard InChI is InChI=1S/C11H12BrN3/c12-11-10-5-8(9-1-3-13-6-9)2-4-15(10)7-14-11/h2,4-5,7,9,13H,1,3,6H2. The molecule has 4 heteroatoms. The predicted molar refractivity (Wildman–Crippen MR) is 63.1 cm³/mol. The molecule has 0 bridgehead atoms. The van der Waals surface area contributed by atoms with Gasteiger partial charge in [-0.1, -0.05) is 0 Å². The minimum atomic E-state index is 0.664. The molecular formula is C11H12BrN3. The van der Waals surface area contributed by atoms with E-state index in [9.17, 15) is 0 Å². The van der Waals surface area contributed by atoms with E-state index in [1.54, 1.807) is 0 Å². The van der Waals surface area contributed by atoms with Crippen LogP contribution >= 0.6 is 15.9 Å². The van der Waals surface area contributed by atoms with E-state index in [0.29, 0.717) is 5.92 Å². The highest BCUT2D eigenvalue weighted by Gasteiger charge is 2.17. The normalized spacial score (nSPS) is 21.3. The lowest BCUT2D eigenvalue weighted by Crippen LogP contribution is -2.08. The zero-order valence-corrected chi connectivity index (χ0v) is 9.87. The van der Waals surface area contributed by atoms with E-state index in [4.69, 9.17) is 0 Å². The maximum Gasteiger partial charge on any atom is 0.131 e. The fourth-order valence-electron chi connectivity index (χ4n) is 2.17. The number of pyridine rings is 1. The molecule has 3 heterocycles. The van der Waals surface area contributed by atoms with Crippen molar-refractivity contribution in [2.45, 2.75) is 12.3 Å². The summed E-state index contributed by atoms with van der Waals surface area (Å²) in [6.45, 7) is 2.23. The van der Waals surface area contributed by atoms with Crippen LogP contribution in [-0.4, -0.2) is 22.5 Å². The second-order valence-corrected chi connectivity index (χ2v) is 4.73. The molecule has 1 N–H and O–H groups in total. The van der Waals surface area contributed by atoms with E-state index in [0.717, 1.165) is 23.2 Å². The Morgan fingerprint density at radius 2 is 2.47 bits per heavy atom. The number of hydrogen-bond acceptors (Lipinski definition) is 2. The van der Waals surface area contributed by atoms with E-state index in [1.807, 2.05) is 10.7 Å². The number of nitrogens with zero attached hydrogens (tertiary/aromatic N) is 2. The van der Waals surface area contributed by atoms with Gasteiger partial charge in [-0.3, -0.25) is 0 Å². The first-order valence-electron chi connectivity index (χ1n) is 5.17. The second kappa shape index (κ2) is 3.61. The van der Waals surface area contributed by atoms with Crippen molar-refractivity contribution in [3.05, 3.63) is 34.8 Å². The molecule has 1 unspecified atom stereocenters. The number of imidazole rings is 1. The summed E-state index contributed by atoms with van der Waals surface area (Å²) in [6, 6.07) is 4.42. The molecule has 2 aromatic rings. The van der Waals surface area contributed by atoms with Crippen molar-refractivity contribution in [1.29, 1.82) is 0 Å². The zero-order chi connectivity index (χ0) is 10.3. The molecule has 1 aliphatic rings. The lowest BCUT2D eigenvalue weighted by Gasteiger charge is -2.08. The molecule has 0 spiro atoms. The summed E-state index contributed by atoms with van der Waals surface area (Å²) in [7, 11) is 0. The molecule has 78 valence electrons. The maximum atomic E-state index is 4.23. The zero-order valence-electron chi connectivity index (χ0n) is 8.28. The fourth-order valence-corrected chi connectivity index (χ4v) is 2.58. The van der Waals surface area contributed by atoms with Gasteiger partial charge in [-0.25, -0.2) is 4.98 Å². The van der Waals surface area contributed by atoms with Crippen LogP contribution in [0.4, 0.5) is 0 Å². The van der Waals surface area contributed by atoms with E-state index in [2.05, 4.69) is 44.6 Å². The minimum absolute atomic E-state index is 0.664. The maximum absolute atomic E-state index is 4.23. The van der Waals surface area contributed by atoms with Gasteiger partial charge in [0, 0.05) is 12.7 Å². The number of rotatable bonds is 1. The van der Waals surface area contributed by atoms with Crippen LogP contribution in [0.25, 0.3) is 5.52 Å². The van der Waals surface area contributed by atoms with Crippen molar-refractivity contribution in [3.63, 3.8) is 0 Å². The summed E-state index contributed by atoms with van der Waals surface area (Å²) in [6.07, 6.45) is 5.15. The van der Waals surface area contributed by atoms with Gasteiger partial charge in [0.2, 0.25) is 0 Å². The summed E-state index contributed by atoms with van der Waals surface area (Å²) in [5.74, 6) is 0.664. The molecule has 0 radical (unpaired) electrons. The Balaban J connectivity index is 2.08. The third-order valence-corrected chi connectivity index (χ3v) is 3.66. The Morgan fingerprint density at radius 3 is 3.27 bits per heavy atom. The van der Waals surface area contributed by atoms with Gasteiger partial charge in [0.05, 0.1) is 5.52 Å². The first-order chi connectivity index (χ1) is 7.34. The molecule has 1 saturated heterocycles. The van der Waals surface area contributed by atoms with Crippen LogP contribution in [0, 0.1) is 0 Å². The van der Waals surface area contributed by atoms with Gasteiger partial charge in [-0.15, -0.1) is 0 Å². The largest absolute Gasteiger partial charge is 0.316 e. The molecule has 2 aromatic heterocycles. The summed E-state index contributed by atoms with van der Waals surface area (Å²) < 4.78 is 2.96. The smallest absolute Gasteiger partial charge is 0.131 e. The topological polar surface area (TPSA) is 29.3 Å². The van der Waals surface area contributed by atoms with Gasteiger partial charge >= 0.3 is 0 Å². The van der Waals surface area contributed by atoms with Gasteiger partial charge in [0.25, 0.3) is 0 Å². The van der Waals surface area contributed by atoms with Crippen molar-refractivity contribution >= 4 is 21.4 Å². The Hall–Kier alpha value is -0.870. The van der Waals surface area contributed by atoms with Crippen LogP contribution in [0.2, 0.25) is 0 Å². The van der Waals surface area contributed by atoms with Crippen LogP contribution < -0.4 is 5.32 Å². The Kier molecular flexibility index (Phi) is 2.25. The van der Waals surface area contributed by atoms with Crippen molar-refractivity contribution < 1.29 is 0 Å². The molecule has 0 aliphatic carbocycles. The second-order valence-electron chi connectivity index (χ2n) is 3.98. The van der Waals surface area contributed by atoms with Gasteiger partial charge in [-0.2, -0.15) is 0 Å². The number of hydrogen-bond donors (Lipinski definition) is 1. The van der Waals surface area contributed by atoms with E-state index < -0.39 is 0 Å². The first kappa shape index (κ1) is 9.36. The molecule has 15 heavy (non-hydrogen) atoms. The number of halogens is 1. The van der Waals surface area contributed by atoms with E-state index >= 15 is 0 Å². The lowest BCUT2D eigenvalue weighted by molar-refractivity contribution is 0.762. The molecule has 0 aromatic carbocycles. The van der Waals surface area contributed by atoms with Crippen molar-refractivity contribution in [2.75, 3.05) is 13.1 Å². The van der Waals surface area contributed by atoms with Crippen LogP contribution in [0.15, 0.2) is 29.3 Å². The van der Waals surface area contributed by atoms with Crippen molar-refractivity contribution in [3.8, 4) is 0 Å². The molecule has 0 amide bonds.